The lowest BCUT2D eigenvalue weighted by Crippen LogP contribution is -2.11. The highest BCUT2D eigenvalue weighted by atomic mass is 79.9. The van der Waals surface area contributed by atoms with Crippen LogP contribution in [-0.2, 0) is 4.79 Å². The number of hydrogen-bond acceptors (Lipinski definition) is 1. The van der Waals surface area contributed by atoms with Crippen LogP contribution < -0.4 is 5.32 Å². The van der Waals surface area contributed by atoms with Gasteiger partial charge in [0.2, 0.25) is 5.91 Å². The largest absolute Gasteiger partial charge is 0.324 e. The van der Waals surface area contributed by atoms with Gasteiger partial charge in [0.05, 0.1) is 5.69 Å². The molecule has 2 nitrogen and oxygen atoms in total. The van der Waals surface area contributed by atoms with Crippen LogP contribution in [0.3, 0.4) is 0 Å². The summed E-state index contributed by atoms with van der Waals surface area (Å²) in [5.41, 5.74) is 0.797. The number of para-hydroxylation sites is 1. The van der Waals surface area contributed by atoms with Crippen molar-refractivity contribution in [3.05, 3.63) is 27.1 Å². The number of rotatable bonds is 3. The van der Waals surface area contributed by atoms with Gasteiger partial charge in [-0.1, -0.05) is 13.0 Å². The lowest BCUT2D eigenvalue weighted by atomic mass is 10.3. The van der Waals surface area contributed by atoms with Crippen LogP contribution in [-0.4, -0.2) is 5.91 Å². The summed E-state index contributed by atoms with van der Waals surface area (Å²) in [6.45, 7) is 1.98. The Morgan fingerprint density at radius 3 is 2.43 bits per heavy atom. The smallest absolute Gasteiger partial charge is 0.224 e. The average molecular weight is 321 g/mol. The van der Waals surface area contributed by atoms with E-state index in [0.29, 0.717) is 6.42 Å². The zero-order valence-corrected chi connectivity index (χ0v) is 11.0. The molecule has 0 fully saturated rings. The second-order valence-electron chi connectivity index (χ2n) is 2.89. The fraction of sp³-hybridized carbons (Fsp3) is 0.300. The van der Waals surface area contributed by atoms with Crippen LogP contribution in [0.1, 0.15) is 19.8 Å². The van der Waals surface area contributed by atoms with Gasteiger partial charge in [-0.3, -0.25) is 4.79 Å². The van der Waals surface area contributed by atoms with E-state index < -0.39 is 0 Å². The molecule has 0 bridgehead atoms. The molecule has 0 saturated heterocycles. The molecule has 0 unspecified atom stereocenters. The molecule has 76 valence electrons. The molecule has 1 rings (SSSR count). The van der Waals surface area contributed by atoms with E-state index in [0.717, 1.165) is 21.1 Å². The Hall–Kier alpha value is -0.350. The number of carbonyl (C=O) groups is 1. The first-order chi connectivity index (χ1) is 6.65. The van der Waals surface area contributed by atoms with E-state index in [9.17, 15) is 4.79 Å². The van der Waals surface area contributed by atoms with Crippen LogP contribution >= 0.6 is 31.9 Å². The van der Waals surface area contributed by atoms with Crippen molar-refractivity contribution in [1.29, 1.82) is 0 Å². The fourth-order valence-corrected chi connectivity index (χ4v) is 2.24. The van der Waals surface area contributed by atoms with Gasteiger partial charge in [0, 0.05) is 15.4 Å². The molecule has 1 N–H and O–H groups in total. The van der Waals surface area contributed by atoms with E-state index in [4.69, 9.17) is 0 Å². The minimum atomic E-state index is 0.0418. The normalized spacial score (nSPS) is 9.93. The Morgan fingerprint density at radius 1 is 1.36 bits per heavy atom. The molecule has 14 heavy (non-hydrogen) atoms. The topological polar surface area (TPSA) is 29.1 Å². The predicted octanol–water partition coefficient (Wildman–Crippen LogP) is 3.95. The summed E-state index contributed by atoms with van der Waals surface area (Å²) >= 11 is 6.76. The van der Waals surface area contributed by atoms with E-state index in [1.165, 1.54) is 0 Å². The first-order valence-electron chi connectivity index (χ1n) is 4.39. The quantitative estimate of drug-likeness (QED) is 0.897. The zero-order valence-electron chi connectivity index (χ0n) is 7.81. The lowest BCUT2D eigenvalue weighted by Gasteiger charge is -2.08. The first kappa shape index (κ1) is 11.7. The maximum Gasteiger partial charge on any atom is 0.224 e. The van der Waals surface area contributed by atoms with Crippen molar-refractivity contribution in [2.45, 2.75) is 19.8 Å². The maximum atomic E-state index is 11.4. The minimum Gasteiger partial charge on any atom is -0.324 e. The first-order valence-corrected chi connectivity index (χ1v) is 5.97. The third-order valence-electron chi connectivity index (χ3n) is 1.70. The number of carbonyl (C=O) groups excluding carboxylic acids is 1. The van der Waals surface area contributed by atoms with E-state index in [-0.39, 0.29) is 5.91 Å². The molecule has 0 heterocycles. The summed E-state index contributed by atoms with van der Waals surface area (Å²) in [5, 5.41) is 2.85. The van der Waals surface area contributed by atoms with Gasteiger partial charge in [-0.15, -0.1) is 0 Å². The fourth-order valence-electron chi connectivity index (χ4n) is 1.05. The Labute approximate surface area is 100 Å². The number of hydrogen-bond donors (Lipinski definition) is 1. The molecule has 1 aromatic carbocycles. The summed E-state index contributed by atoms with van der Waals surface area (Å²) in [7, 11) is 0. The van der Waals surface area contributed by atoms with Crippen molar-refractivity contribution in [3.8, 4) is 0 Å². The molecular weight excluding hydrogens is 310 g/mol. The maximum absolute atomic E-state index is 11.4. The Balaban J connectivity index is 2.80. The average Bonchev–Trinajstić information content (AvgIpc) is 2.12. The zero-order chi connectivity index (χ0) is 10.6. The standard InChI is InChI=1S/C10H11Br2NO/c1-2-4-9(14)13-10-7(11)5-3-6-8(10)12/h3,5-6H,2,4H2,1H3,(H,13,14). The summed E-state index contributed by atoms with van der Waals surface area (Å²) < 4.78 is 1.77. The van der Waals surface area contributed by atoms with Crippen molar-refractivity contribution < 1.29 is 4.79 Å². The van der Waals surface area contributed by atoms with Crippen LogP contribution in [0.25, 0.3) is 0 Å². The van der Waals surface area contributed by atoms with Crippen molar-refractivity contribution in [3.63, 3.8) is 0 Å². The van der Waals surface area contributed by atoms with Gasteiger partial charge in [-0.2, -0.15) is 0 Å². The van der Waals surface area contributed by atoms with Gasteiger partial charge in [0.15, 0.2) is 0 Å². The molecular formula is C10H11Br2NO. The van der Waals surface area contributed by atoms with Crippen LogP contribution in [0.4, 0.5) is 5.69 Å². The van der Waals surface area contributed by atoms with E-state index in [1.54, 1.807) is 0 Å². The van der Waals surface area contributed by atoms with Crippen LogP contribution in [0.5, 0.6) is 0 Å². The molecule has 0 aromatic heterocycles. The van der Waals surface area contributed by atoms with Crippen LogP contribution in [0.2, 0.25) is 0 Å². The second kappa shape index (κ2) is 5.51. The van der Waals surface area contributed by atoms with E-state index in [2.05, 4.69) is 37.2 Å². The number of nitrogens with one attached hydrogen (secondary N) is 1. The second-order valence-corrected chi connectivity index (χ2v) is 4.60. The molecule has 0 atom stereocenters. The van der Waals surface area contributed by atoms with Gasteiger partial charge in [0.25, 0.3) is 0 Å². The van der Waals surface area contributed by atoms with Crippen molar-refractivity contribution in [2.75, 3.05) is 5.32 Å². The van der Waals surface area contributed by atoms with Crippen molar-refractivity contribution in [1.82, 2.24) is 0 Å². The minimum absolute atomic E-state index is 0.0418. The Bertz CT molecular complexity index is 319. The highest BCUT2D eigenvalue weighted by Crippen LogP contribution is 2.30. The molecule has 1 aromatic rings. The highest BCUT2D eigenvalue weighted by molar-refractivity contribution is 9.11. The van der Waals surface area contributed by atoms with Gasteiger partial charge < -0.3 is 5.32 Å². The monoisotopic (exact) mass is 319 g/mol. The van der Waals surface area contributed by atoms with Crippen molar-refractivity contribution >= 4 is 43.5 Å². The SMILES string of the molecule is CCCC(=O)Nc1c(Br)cccc1Br. The van der Waals surface area contributed by atoms with Gasteiger partial charge >= 0.3 is 0 Å². The van der Waals surface area contributed by atoms with Crippen LogP contribution in [0.15, 0.2) is 27.1 Å². The van der Waals surface area contributed by atoms with Gasteiger partial charge in [-0.25, -0.2) is 0 Å². The number of anilines is 1. The van der Waals surface area contributed by atoms with E-state index in [1.807, 2.05) is 25.1 Å². The number of amides is 1. The van der Waals surface area contributed by atoms with E-state index >= 15 is 0 Å². The summed E-state index contributed by atoms with van der Waals surface area (Å²) in [6.07, 6.45) is 1.40. The summed E-state index contributed by atoms with van der Waals surface area (Å²) in [6, 6.07) is 5.70. The Kier molecular flexibility index (Phi) is 4.62. The molecule has 1 amide bonds. The molecule has 0 spiro atoms. The summed E-state index contributed by atoms with van der Waals surface area (Å²) in [5.74, 6) is 0.0418. The lowest BCUT2D eigenvalue weighted by molar-refractivity contribution is -0.116. The predicted molar refractivity (Wildman–Crippen MR) is 65.4 cm³/mol. The van der Waals surface area contributed by atoms with Crippen molar-refractivity contribution in [2.24, 2.45) is 0 Å². The van der Waals surface area contributed by atoms with Crippen LogP contribution in [0, 0.1) is 0 Å². The molecule has 0 radical (unpaired) electrons. The third-order valence-corrected chi connectivity index (χ3v) is 3.03. The number of halogens is 2. The highest BCUT2D eigenvalue weighted by Gasteiger charge is 2.07. The third kappa shape index (κ3) is 3.10. The number of benzene rings is 1. The summed E-state index contributed by atoms with van der Waals surface area (Å²) in [4.78, 5) is 11.4. The molecule has 4 heteroatoms. The molecule has 0 aliphatic rings. The molecule has 0 aliphatic carbocycles. The Morgan fingerprint density at radius 2 is 1.93 bits per heavy atom. The van der Waals surface area contributed by atoms with Gasteiger partial charge in [0.1, 0.15) is 0 Å². The van der Waals surface area contributed by atoms with Gasteiger partial charge in [-0.05, 0) is 50.4 Å². The molecule has 0 aliphatic heterocycles. The molecule has 0 saturated carbocycles.